The first-order valence-electron chi connectivity index (χ1n) is 11.6. The lowest BCUT2D eigenvalue weighted by molar-refractivity contribution is 0.150. The Morgan fingerprint density at radius 2 is 1.80 bits per heavy atom. The van der Waals surface area contributed by atoms with Crippen molar-refractivity contribution in [2.45, 2.75) is 64.1 Å². The maximum Gasteiger partial charge on any atom is 0.191 e. The molecule has 0 spiro atoms. The Labute approximate surface area is 199 Å². The number of piperidine rings is 1. The molecule has 6 heteroatoms. The zero-order valence-corrected chi connectivity index (χ0v) is 20.7. The molecule has 1 aliphatic carbocycles. The SMILES string of the molecule is CCNC(=NCc1cccc(N2CC=CC2)c1)NC1CCN(C2CCCC2)CC1.I. The Balaban J connectivity index is 0.00000256. The number of nitrogens with zero attached hydrogens (tertiary/aromatic N) is 3. The fourth-order valence-corrected chi connectivity index (χ4v) is 4.90. The van der Waals surface area contributed by atoms with Crippen molar-refractivity contribution >= 4 is 35.6 Å². The van der Waals surface area contributed by atoms with E-state index in [2.05, 4.69) is 63.8 Å². The van der Waals surface area contributed by atoms with E-state index in [0.29, 0.717) is 12.6 Å². The third kappa shape index (κ3) is 6.36. The van der Waals surface area contributed by atoms with Gasteiger partial charge < -0.3 is 20.4 Å². The summed E-state index contributed by atoms with van der Waals surface area (Å²) in [6.45, 7) is 8.23. The number of hydrogen-bond acceptors (Lipinski definition) is 3. The number of aliphatic imine (C=N–C) groups is 1. The van der Waals surface area contributed by atoms with Crippen molar-refractivity contribution in [3.63, 3.8) is 0 Å². The van der Waals surface area contributed by atoms with E-state index in [4.69, 9.17) is 4.99 Å². The van der Waals surface area contributed by atoms with E-state index < -0.39 is 0 Å². The molecular formula is C24H38IN5. The molecule has 1 aromatic carbocycles. The summed E-state index contributed by atoms with van der Waals surface area (Å²) < 4.78 is 0. The van der Waals surface area contributed by atoms with Gasteiger partial charge in [0.15, 0.2) is 5.96 Å². The molecule has 1 saturated heterocycles. The molecule has 166 valence electrons. The van der Waals surface area contributed by atoms with Crippen molar-refractivity contribution in [3.8, 4) is 0 Å². The van der Waals surface area contributed by atoms with Crippen molar-refractivity contribution < 1.29 is 0 Å². The maximum absolute atomic E-state index is 4.89. The molecule has 0 amide bonds. The van der Waals surface area contributed by atoms with Gasteiger partial charge in [0.2, 0.25) is 0 Å². The first-order chi connectivity index (χ1) is 14.3. The van der Waals surface area contributed by atoms with Gasteiger partial charge in [0, 0.05) is 50.5 Å². The maximum atomic E-state index is 4.89. The number of likely N-dealkylation sites (tertiary alicyclic amines) is 1. The topological polar surface area (TPSA) is 42.9 Å². The van der Waals surface area contributed by atoms with Gasteiger partial charge in [-0.25, -0.2) is 4.99 Å². The number of nitrogens with one attached hydrogen (secondary N) is 2. The lowest BCUT2D eigenvalue weighted by atomic mass is 10.0. The first-order valence-corrected chi connectivity index (χ1v) is 11.6. The van der Waals surface area contributed by atoms with Crippen LogP contribution in [0.3, 0.4) is 0 Å². The van der Waals surface area contributed by atoms with Crippen LogP contribution in [0.2, 0.25) is 0 Å². The summed E-state index contributed by atoms with van der Waals surface area (Å²) >= 11 is 0. The molecule has 2 N–H and O–H groups in total. The van der Waals surface area contributed by atoms with E-state index in [1.54, 1.807) is 0 Å². The van der Waals surface area contributed by atoms with Crippen molar-refractivity contribution in [3.05, 3.63) is 42.0 Å². The summed E-state index contributed by atoms with van der Waals surface area (Å²) in [5.41, 5.74) is 2.56. The van der Waals surface area contributed by atoms with Gasteiger partial charge in [-0.3, -0.25) is 0 Å². The van der Waals surface area contributed by atoms with E-state index in [1.165, 1.54) is 62.9 Å². The molecule has 4 rings (SSSR count). The van der Waals surface area contributed by atoms with E-state index in [0.717, 1.165) is 31.6 Å². The molecule has 5 nitrogen and oxygen atoms in total. The lowest BCUT2D eigenvalue weighted by Crippen LogP contribution is -2.50. The second-order valence-corrected chi connectivity index (χ2v) is 8.63. The zero-order chi connectivity index (χ0) is 19.9. The highest BCUT2D eigenvalue weighted by atomic mass is 127. The molecule has 1 saturated carbocycles. The molecule has 1 aromatic rings. The Kier molecular flexibility index (Phi) is 9.30. The second-order valence-electron chi connectivity index (χ2n) is 8.63. The number of guanidine groups is 1. The van der Waals surface area contributed by atoms with Crippen LogP contribution < -0.4 is 15.5 Å². The lowest BCUT2D eigenvalue weighted by Gasteiger charge is -2.36. The van der Waals surface area contributed by atoms with Gasteiger partial charge >= 0.3 is 0 Å². The Hall–Kier alpha value is -1.28. The Morgan fingerprint density at radius 1 is 1.07 bits per heavy atom. The minimum Gasteiger partial charge on any atom is -0.364 e. The van der Waals surface area contributed by atoms with Crippen LogP contribution in [0, 0.1) is 0 Å². The van der Waals surface area contributed by atoms with Gasteiger partial charge in [-0.05, 0) is 50.3 Å². The quantitative estimate of drug-likeness (QED) is 0.255. The van der Waals surface area contributed by atoms with Crippen molar-refractivity contribution in [2.24, 2.45) is 4.99 Å². The molecule has 0 atom stereocenters. The molecule has 3 aliphatic rings. The summed E-state index contributed by atoms with van der Waals surface area (Å²) in [7, 11) is 0. The van der Waals surface area contributed by atoms with Gasteiger partial charge in [0.25, 0.3) is 0 Å². The van der Waals surface area contributed by atoms with Crippen LogP contribution in [0.25, 0.3) is 0 Å². The van der Waals surface area contributed by atoms with E-state index in [1.807, 2.05) is 0 Å². The van der Waals surface area contributed by atoms with Crippen molar-refractivity contribution in [2.75, 3.05) is 37.6 Å². The first kappa shape index (κ1) is 23.4. The third-order valence-corrected chi connectivity index (χ3v) is 6.57. The molecule has 2 fully saturated rings. The van der Waals surface area contributed by atoms with Crippen molar-refractivity contribution in [1.29, 1.82) is 0 Å². The van der Waals surface area contributed by atoms with Crippen LogP contribution in [-0.4, -0.2) is 55.7 Å². The smallest absolute Gasteiger partial charge is 0.191 e. The van der Waals surface area contributed by atoms with Crippen LogP contribution in [-0.2, 0) is 6.54 Å². The normalized spacial score (nSPS) is 21.1. The standard InChI is InChI=1S/C24H37N5.HI/c1-2-25-24(27-21-12-16-29(17-13-21)22-9-3-4-10-22)26-19-20-8-7-11-23(18-20)28-14-5-6-15-28;/h5-8,11,18,21-22H,2-4,9-10,12-17,19H2,1H3,(H2,25,26,27);1H. The summed E-state index contributed by atoms with van der Waals surface area (Å²) in [4.78, 5) is 10.0. The van der Waals surface area contributed by atoms with Gasteiger partial charge in [0.05, 0.1) is 6.54 Å². The number of halogens is 1. The van der Waals surface area contributed by atoms with Crippen LogP contribution in [0.5, 0.6) is 0 Å². The fraction of sp³-hybridized carbons (Fsp3) is 0.625. The number of hydrogen-bond donors (Lipinski definition) is 2. The van der Waals surface area contributed by atoms with Gasteiger partial charge in [0.1, 0.15) is 0 Å². The predicted molar refractivity (Wildman–Crippen MR) is 138 cm³/mol. The largest absolute Gasteiger partial charge is 0.364 e. The molecule has 2 aliphatic heterocycles. The molecule has 2 heterocycles. The highest BCUT2D eigenvalue weighted by molar-refractivity contribution is 14.0. The Bertz CT molecular complexity index is 697. The number of benzene rings is 1. The molecule has 0 aromatic heterocycles. The molecule has 30 heavy (non-hydrogen) atoms. The molecular weight excluding hydrogens is 485 g/mol. The number of rotatable bonds is 6. The van der Waals surface area contributed by atoms with E-state index >= 15 is 0 Å². The summed E-state index contributed by atoms with van der Waals surface area (Å²) in [6, 6.07) is 10.2. The Morgan fingerprint density at radius 3 is 2.50 bits per heavy atom. The summed E-state index contributed by atoms with van der Waals surface area (Å²) in [6.07, 6.45) is 12.6. The van der Waals surface area contributed by atoms with Crippen molar-refractivity contribution in [1.82, 2.24) is 15.5 Å². The average Bonchev–Trinajstić information content (AvgIpc) is 3.47. The van der Waals surface area contributed by atoms with E-state index in [9.17, 15) is 0 Å². The molecule has 0 bridgehead atoms. The van der Waals surface area contributed by atoms with Crippen LogP contribution in [0.15, 0.2) is 41.4 Å². The zero-order valence-electron chi connectivity index (χ0n) is 18.4. The minimum absolute atomic E-state index is 0. The van der Waals surface area contributed by atoms with Crippen LogP contribution >= 0.6 is 24.0 Å². The molecule has 0 radical (unpaired) electrons. The summed E-state index contributed by atoms with van der Waals surface area (Å²) in [5, 5.41) is 7.14. The van der Waals surface area contributed by atoms with Gasteiger partial charge in [-0.15, -0.1) is 24.0 Å². The third-order valence-electron chi connectivity index (χ3n) is 6.57. The molecule has 0 unspecified atom stereocenters. The number of anilines is 1. The summed E-state index contributed by atoms with van der Waals surface area (Å²) in [5.74, 6) is 0.958. The average molecular weight is 524 g/mol. The highest BCUT2D eigenvalue weighted by Crippen LogP contribution is 2.26. The van der Waals surface area contributed by atoms with Gasteiger partial charge in [-0.2, -0.15) is 0 Å². The minimum atomic E-state index is 0. The van der Waals surface area contributed by atoms with Gasteiger partial charge in [-0.1, -0.05) is 37.1 Å². The van der Waals surface area contributed by atoms with Crippen LogP contribution in [0.4, 0.5) is 5.69 Å². The highest BCUT2D eigenvalue weighted by Gasteiger charge is 2.27. The predicted octanol–water partition coefficient (Wildman–Crippen LogP) is 4.14. The fourth-order valence-electron chi connectivity index (χ4n) is 4.90. The monoisotopic (exact) mass is 523 g/mol. The second kappa shape index (κ2) is 11.9. The van der Waals surface area contributed by atoms with Crippen LogP contribution in [0.1, 0.15) is 51.0 Å². The van der Waals surface area contributed by atoms with E-state index in [-0.39, 0.29) is 24.0 Å².